The minimum Gasteiger partial charge on any atom is -0.326 e. The Morgan fingerprint density at radius 2 is 2.06 bits per heavy atom. The highest BCUT2D eigenvalue weighted by atomic mass is 32.2. The Kier molecular flexibility index (Phi) is 3.48. The van der Waals surface area contributed by atoms with Crippen LogP contribution < -0.4 is 5.73 Å². The largest absolute Gasteiger partial charge is 0.326 e. The summed E-state index contributed by atoms with van der Waals surface area (Å²) in [5.41, 5.74) is 6.28. The van der Waals surface area contributed by atoms with Crippen molar-refractivity contribution >= 4 is 10.0 Å². The van der Waals surface area contributed by atoms with Crippen LogP contribution in [0, 0.1) is 5.41 Å². The SMILES string of the molecule is CC1(C)CCN(S(=O)(=O)c2[nH]ncc2CN)CC1. The lowest BCUT2D eigenvalue weighted by Gasteiger charge is -2.35. The first-order chi connectivity index (χ1) is 8.37. The highest BCUT2D eigenvalue weighted by Crippen LogP contribution is 2.32. The monoisotopic (exact) mass is 272 g/mol. The Hall–Kier alpha value is -0.920. The van der Waals surface area contributed by atoms with Crippen LogP contribution in [0.2, 0.25) is 0 Å². The zero-order valence-corrected chi connectivity index (χ0v) is 11.6. The number of rotatable bonds is 3. The highest BCUT2D eigenvalue weighted by molar-refractivity contribution is 7.89. The van der Waals surface area contributed by atoms with Gasteiger partial charge >= 0.3 is 0 Å². The molecule has 2 heterocycles. The van der Waals surface area contributed by atoms with Crippen molar-refractivity contribution in [1.29, 1.82) is 0 Å². The Morgan fingerprint density at radius 1 is 1.44 bits per heavy atom. The van der Waals surface area contributed by atoms with Crippen molar-refractivity contribution in [2.24, 2.45) is 11.1 Å². The number of H-pyrrole nitrogens is 1. The summed E-state index contributed by atoms with van der Waals surface area (Å²) in [5, 5.41) is 6.47. The number of sulfonamides is 1. The first-order valence-corrected chi connectivity index (χ1v) is 7.53. The Morgan fingerprint density at radius 3 is 2.61 bits per heavy atom. The van der Waals surface area contributed by atoms with E-state index in [9.17, 15) is 8.42 Å². The van der Waals surface area contributed by atoms with E-state index in [1.807, 2.05) is 0 Å². The fraction of sp³-hybridized carbons (Fsp3) is 0.727. The lowest BCUT2D eigenvalue weighted by molar-refractivity contribution is 0.195. The number of nitrogens with zero attached hydrogens (tertiary/aromatic N) is 2. The second-order valence-corrected chi connectivity index (χ2v) is 7.37. The van der Waals surface area contributed by atoms with Crippen LogP contribution in [0.3, 0.4) is 0 Å². The maximum atomic E-state index is 12.4. The number of nitrogens with one attached hydrogen (secondary N) is 1. The number of nitrogens with two attached hydrogens (primary N) is 1. The van der Waals surface area contributed by atoms with E-state index in [0.717, 1.165) is 12.8 Å². The predicted octanol–water partition coefficient (Wildman–Crippen LogP) is 0.679. The molecule has 3 N–H and O–H groups in total. The molecule has 0 amide bonds. The molecule has 0 radical (unpaired) electrons. The number of piperidine rings is 1. The van der Waals surface area contributed by atoms with Crippen LogP contribution in [-0.2, 0) is 16.6 Å². The van der Waals surface area contributed by atoms with Crippen molar-refractivity contribution in [2.45, 2.75) is 38.3 Å². The van der Waals surface area contributed by atoms with Gasteiger partial charge in [0.25, 0.3) is 10.0 Å². The van der Waals surface area contributed by atoms with Gasteiger partial charge in [-0.1, -0.05) is 13.8 Å². The van der Waals surface area contributed by atoms with Gasteiger partial charge in [-0.2, -0.15) is 9.40 Å². The Balaban J connectivity index is 2.23. The zero-order valence-electron chi connectivity index (χ0n) is 10.8. The molecule has 1 aromatic heterocycles. The second kappa shape index (κ2) is 4.64. The van der Waals surface area contributed by atoms with Crippen LogP contribution >= 0.6 is 0 Å². The summed E-state index contributed by atoms with van der Waals surface area (Å²) in [6, 6.07) is 0. The molecule has 0 unspecified atom stereocenters. The van der Waals surface area contributed by atoms with E-state index in [2.05, 4.69) is 24.0 Å². The molecule has 0 saturated carbocycles. The molecule has 0 bridgehead atoms. The summed E-state index contributed by atoms with van der Waals surface area (Å²) in [6.07, 6.45) is 3.22. The molecule has 0 aliphatic carbocycles. The van der Waals surface area contributed by atoms with Crippen molar-refractivity contribution in [3.8, 4) is 0 Å². The zero-order chi connectivity index (χ0) is 13.4. The van der Waals surface area contributed by atoms with E-state index in [-0.39, 0.29) is 17.0 Å². The first kappa shape index (κ1) is 13.5. The molecular formula is C11H20N4O2S. The maximum Gasteiger partial charge on any atom is 0.260 e. The standard InChI is InChI=1S/C11H20N4O2S/c1-11(2)3-5-15(6-4-11)18(16,17)10-9(7-12)8-13-14-10/h8H,3-7,12H2,1-2H3,(H,13,14). The molecule has 1 aliphatic heterocycles. The summed E-state index contributed by atoms with van der Waals surface area (Å²) in [6.45, 7) is 5.61. The van der Waals surface area contributed by atoms with Crippen LogP contribution in [-0.4, -0.2) is 36.0 Å². The van der Waals surface area contributed by atoms with Gasteiger partial charge in [0.05, 0.1) is 6.20 Å². The van der Waals surface area contributed by atoms with Gasteiger partial charge in [-0.05, 0) is 18.3 Å². The second-order valence-electron chi connectivity index (χ2n) is 5.50. The van der Waals surface area contributed by atoms with Gasteiger partial charge in [-0.25, -0.2) is 8.42 Å². The average Bonchev–Trinajstić information content (AvgIpc) is 2.77. The summed E-state index contributed by atoms with van der Waals surface area (Å²) in [7, 11) is -3.48. The summed E-state index contributed by atoms with van der Waals surface area (Å²) >= 11 is 0. The Labute approximate surface area is 108 Å². The molecule has 0 atom stereocenters. The van der Waals surface area contributed by atoms with E-state index in [0.29, 0.717) is 18.7 Å². The summed E-state index contributed by atoms with van der Waals surface area (Å²) < 4.78 is 26.4. The van der Waals surface area contributed by atoms with Crippen molar-refractivity contribution in [3.63, 3.8) is 0 Å². The van der Waals surface area contributed by atoms with E-state index >= 15 is 0 Å². The van der Waals surface area contributed by atoms with Gasteiger partial charge < -0.3 is 5.73 Å². The molecule has 1 saturated heterocycles. The van der Waals surface area contributed by atoms with Crippen LogP contribution in [0.1, 0.15) is 32.3 Å². The number of aromatic amines is 1. The number of hydrogen-bond donors (Lipinski definition) is 2. The van der Waals surface area contributed by atoms with E-state index in [4.69, 9.17) is 5.73 Å². The molecule has 7 heteroatoms. The molecule has 1 aromatic rings. The van der Waals surface area contributed by atoms with Crippen molar-refractivity contribution in [2.75, 3.05) is 13.1 Å². The fourth-order valence-corrected chi connectivity index (χ4v) is 3.69. The molecule has 0 spiro atoms. The molecule has 18 heavy (non-hydrogen) atoms. The highest BCUT2D eigenvalue weighted by Gasteiger charge is 2.34. The molecule has 102 valence electrons. The van der Waals surface area contributed by atoms with Crippen molar-refractivity contribution in [1.82, 2.24) is 14.5 Å². The normalized spacial score (nSPS) is 21.1. The van der Waals surface area contributed by atoms with Gasteiger partial charge in [0, 0.05) is 25.2 Å². The summed E-state index contributed by atoms with van der Waals surface area (Å²) in [4.78, 5) is 0. The maximum absolute atomic E-state index is 12.4. The van der Waals surface area contributed by atoms with Gasteiger partial charge in [0.2, 0.25) is 0 Å². The van der Waals surface area contributed by atoms with Crippen LogP contribution in [0.5, 0.6) is 0 Å². The minimum absolute atomic E-state index is 0.143. The molecule has 1 aliphatic rings. The quantitative estimate of drug-likeness (QED) is 0.846. The number of aromatic nitrogens is 2. The fourth-order valence-electron chi connectivity index (χ4n) is 2.13. The van der Waals surface area contributed by atoms with Crippen molar-refractivity contribution in [3.05, 3.63) is 11.8 Å². The third kappa shape index (κ3) is 2.43. The third-order valence-corrected chi connectivity index (χ3v) is 5.49. The van der Waals surface area contributed by atoms with E-state index < -0.39 is 10.0 Å². The van der Waals surface area contributed by atoms with E-state index in [1.54, 1.807) is 0 Å². The molecule has 0 aromatic carbocycles. The molecule has 6 nitrogen and oxygen atoms in total. The van der Waals surface area contributed by atoms with Gasteiger partial charge in [-0.15, -0.1) is 0 Å². The summed E-state index contributed by atoms with van der Waals surface area (Å²) in [5.74, 6) is 0. The average molecular weight is 272 g/mol. The first-order valence-electron chi connectivity index (χ1n) is 6.09. The molecular weight excluding hydrogens is 252 g/mol. The molecule has 1 fully saturated rings. The lowest BCUT2D eigenvalue weighted by Crippen LogP contribution is -2.41. The van der Waals surface area contributed by atoms with Crippen molar-refractivity contribution < 1.29 is 8.42 Å². The number of hydrogen-bond acceptors (Lipinski definition) is 4. The van der Waals surface area contributed by atoms with Crippen LogP contribution in [0.25, 0.3) is 0 Å². The minimum atomic E-state index is -3.48. The van der Waals surface area contributed by atoms with Gasteiger partial charge in [0.1, 0.15) is 0 Å². The van der Waals surface area contributed by atoms with Crippen LogP contribution in [0.4, 0.5) is 0 Å². The van der Waals surface area contributed by atoms with E-state index in [1.165, 1.54) is 10.5 Å². The predicted molar refractivity (Wildman–Crippen MR) is 68.3 cm³/mol. The lowest BCUT2D eigenvalue weighted by atomic mass is 9.83. The van der Waals surface area contributed by atoms with Gasteiger partial charge in [0.15, 0.2) is 5.03 Å². The van der Waals surface area contributed by atoms with Gasteiger partial charge in [-0.3, -0.25) is 5.10 Å². The topological polar surface area (TPSA) is 92.1 Å². The smallest absolute Gasteiger partial charge is 0.260 e. The Bertz CT molecular complexity index is 511. The third-order valence-electron chi connectivity index (χ3n) is 3.57. The molecule has 2 rings (SSSR count). The van der Waals surface area contributed by atoms with Crippen LogP contribution in [0.15, 0.2) is 11.2 Å².